The number of hydrazone groups is 1. The van der Waals surface area contributed by atoms with Crippen molar-refractivity contribution in [3.8, 4) is 0 Å². The Hall–Kier alpha value is -1.70. The molecular weight excluding hydrogens is 230 g/mol. The molecule has 0 spiro atoms. The number of hydrogen-bond donors (Lipinski definition) is 4. The highest BCUT2D eigenvalue weighted by atomic mass is 32.1. The molecule has 0 aromatic carbocycles. The van der Waals surface area contributed by atoms with Crippen LogP contribution in [0.4, 0.5) is 4.79 Å². The quantitative estimate of drug-likeness (QED) is 0.223. The summed E-state index contributed by atoms with van der Waals surface area (Å²) in [6.07, 6.45) is 2.47. The van der Waals surface area contributed by atoms with E-state index in [1.165, 1.54) is 6.21 Å². The number of amides is 3. The summed E-state index contributed by atoms with van der Waals surface area (Å²) in [6, 6.07) is -0.528. The molecule has 1 saturated heterocycles. The average molecular weight is 243 g/mol. The molecule has 1 rings (SSSR count). The topological polar surface area (TPSA) is 109 Å². The Morgan fingerprint density at radius 2 is 2.38 bits per heavy atom. The van der Waals surface area contributed by atoms with Crippen molar-refractivity contribution in [3.63, 3.8) is 0 Å². The summed E-state index contributed by atoms with van der Waals surface area (Å²) in [6.45, 7) is 1.90. The third-order valence-corrected chi connectivity index (χ3v) is 2.16. The summed E-state index contributed by atoms with van der Waals surface area (Å²) in [5.41, 5.74) is 6.41. The highest BCUT2D eigenvalue weighted by Gasteiger charge is 2.44. The van der Waals surface area contributed by atoms with E-state index in [9.17, 15) is 9.59 Å². The van der Waals surface area contributed by atoms with Crippen LogP contribution in [0, 0.1) is 0 Å². The lowest BCUT2D eigenvalue weighted by atomic mass is 9.96. The Kier molecular flexibility index (Phi) is 3.78. The fourth-order valence-corrected chi connectivity index (χ4v) is 1.49. The zero-order valence-corrected chi connectivity index (χ0v) is 9.56. The van der Waals surface area contributed by atoms with Crippen molar-refractivity contribution in [2.75, 3.05) is 0 Å². The lowest BCUT2D eigenvalue weighted by molar-refractivity contribution is -0.121. The third kappa shape index (κ3) is 2.66. The summed E-state index contributed by atoms with van der Waals surface area (Å²) in [5.74, 6) is -0.423. The van der Waals surface area contributed by atoms with Crippen molar-refractivity contribution in [3.05, 3.63) is 0 Å². The number of nitrogens with zero attached hydrogens (tertiary/aromatic N) is 1. The van der Waals surface area contributed by atoms with Crippen LogP contribution in [0.1, 0.15) is 19.8 Å². The van der Waals surface area contributed by atoms with Crippen molar-refractivity contribution in [2.45, 2.75) is 25.3 Å². The molecule has 16 heavy (non-hydrogen) atoms. The van der Waals surface area contributed by atoms with Gasteiger partial charge in [0, 0.05) is 0 Å². The van der Waals surface area contributed by atoms with Gasteiger partial charge in [0.05, 0.1) is 6.21 Å². The summed E-state index contributed by atoms with van der Waals surface area (Å²) in [7, 11) is 0. The molecular formula is C8H13N5O2S. The number of hydrogen-bond acceptors (Lipinski definition) is 4. The van der Waals surface area contributed by atoms with E-state index < -0.39 is 17.5 Å². The van der Waals surface area contributed by atoms with Crippen molar-refractivity contribution in [1.29, 1.82) is 0 Å². The number of carbonyl (C=O) groups is 2. The van der Waals surface area contributed by atoms with Crippen LogP contribution in [0.25, 0.3) is 0 Å². The molecule has 0 aromatic heterocycles. The van der Waals surface area contributed by atoms with E-state index in [0.717, 1.165) is 0 Å². The van der Waals surface area contributed by atoms with E-state index >= 15 is 0 Å². The third-order valence-electron chi connectivity index (χ3n) is 2.07. The Labute approximate surface area is 97.8 Å². The maximum Gasteiger partial charge on any atom is 0.322 e. The van der Waals surface area contributed by atoms with Crippen molar-refractivity contribution >= 4 is 35.5 Å². The molecule has 1 unspecified atom stereocenters. The number of imide groups is 1. The first-order valence-corrected chi connectivity index (χ1v) is 5.14. The molecule has 0 aliphatic carbocycles. The normalized spacial score (nSPS) is 24.3. The van der Waals surface area contributed by atoms with Crippen LogP contribution in [0.2, 0.25) is 0 Å². The molecule has 1 fully saturated rings. The first-order valence-electron chi connectivity index (χ1n) is 4.73. The summed E-state index contributed by atoms with van der Waals surface area (Å²) in [5, 5.41) is 8.38. The second-order valence-corrected chi connectivity index (χ2v) is 3.80. The first-order chi connectivity index (χ1) is 7.50. The van der Waals surface area contributed by atoms with Crippen molar-refractivity contribution in [1.82, 2.24) is 16.1 Å². The molecule has 0 bridgehead atoms. The monoisotopic (exact) mass is 243 g/mol. The number of urea groups is 1. The Balaban J connectivity index is 2.81. The minimum Gasteiger partial charge on any atom is -0.375 e. The van der Waals surface area contributed by atoms with E-state index in [1.54, 1.807) is 0 Å². The van der Waals surface area contributed by atoms with Gasteiger partial charge in [0.25, 0.3) is 5.91 Å². The van der Waals surface area contributed by atoms with Crippen LogP contribution in [0.5, 0.6) is 0 Å². The summed E-state index contributed by atoms with van der Waals surface area (Å²) < 4.78 is 0. The van der Waals surface area contributed by atoms with E-state index in [0.29, 0.717) is 12.8 Å². The summed E-state index contributed by atoms with van der Waals surface area (Å²) in [4.78, 5) is 22.7. The van der Waals surface area contributed by atoms with Crippen LogP contribution in [-0.4, -0.2) is 28.8 Å². The fraction of sp³-hybridized carbons (Fsp3) is 0.500. The molecule has 7 nitrogen and oxygen atoms in total. The molecule has 1 atom stereocenters. The first kappa shape index (κ1) is 12.4. The number of nitrogens with two attached hydrogens (primary N) is 1. The number of nitrogens with one attached hydrogen (secondary N) is 3. The zero-order valence-electron chi connectivity index (χ0n) is 8.74. The Bertz CT molecular complexity index is 356. The van der Waals surface area contributed by atoms with Crippen molar-refractivity contribution < 1.29 is 9.59 Å². The van der Waals surface area contributed by atoms with Crippen LogP contribution in [0.15, 0.2) is 5.10 Å². The molecule has 1 heterocycles. The van der Waals surface area contributed by atoms with E-state index in [-0.39, 0.29) is 5.11 Å². The average Bonchev–Trinajstić information content (AvgIpc) is 2.42. The molecule has 0 aromatic rings. The fourth-order valence-electron chi connectivity index (χ4n) is 1.44. The minimum atomic E-state index is -1.11. The summed E-state index contributed by atoms with van der Waals surface area (Å²) >= 11 is 4.55. The zero-order chi connectivity index (χ0) is 12.2. The second-order valence-electron chi connectivity index (χ2n) is 3.36. The molecule has 5 N–H and O–H groups in total. The van der Waals surface area contributed by atoms with Gasteiger partial charge in [0.1, 0.15) is 0 Å². The van der Waals surface area contributed by atoms with Crippen molar-refractivity contribution in [2.24, 2.45) is 10.8 Å². The van der Waals surface area contributed by atoms with Gasteiger partial charge in [-0.05, 0) is 18.6 Å². The smallest absolute Gasteiger partial charge is 0.322 e. The van der Waals surface area contributed by atoms with Crippen LogP contribution >= 0.6 is 12.2 Å². The van der Waals surface area contributed by atoms with Crippen LogP contribution in [-0.2, 0) is 4.79 Å². The van der Waals surface area contributed by atoms with Gasteiger partial charge < -0.3 is 11.1 Å². The van der Waals surface area contributed by atoms with Crippen LogP contribution < -0.4 is 21.8 Å². The lowest BCUT2D eigenvalue weighted by Gasteiger charge is -2.19. The largest absolute Gasteiger partial charge is 0.375 e. The Morgan fingerprint density at radius 3 is 2.81 bits per heavy atom. The van der Waals surface area contributed by atoms with Gasteiger partial charge in [-0.15, -0.1) is 0 Å². The predicted molar refractivity (Wildman–Crippen MR) is 62.7 cm³/mol. The van der Waals surface area contributed by atoms with E-state index in [1.807, 2.05) is 6.92 Å². The van der Waals surface area contributed by atoms with Gasteiger partial charge in [0.15, 0.2) is 10.7 Å². The van der Waals surface area contributed by atoms with Gasteiger partial charge in [-0.3, -0.25) is 15.5 Å². The molecule has 8 heteroatoms. The maximum absolute atomic E-state index is 11.6. The van der Waals surface area contributed by atoms with Gasteiger partial charge in [-0.25, -0.2) is 4.79 Å². The van der Waals surface area contributed by atoms with Gasteiger partial charge in [-0.2, -0.15) is 5.10 Å². The van der Waals surface area contributed by atoms with Gasteiger partial charge in [-0.1, -0.05) is 13.3 Å². The molecule has 0 radical (unpaired) electrons. The number of carbonyl (C=O) groups excluding carboxylic acids is 2. The van der Waals surface area contributed by atoms with E-state index in [2.05, 4.69) is 33.4 Å². The molecule has 0 saturated carbocycles. The van der Waals surface area contributed by atoms with Gasteiger partial charge in [0.2, 0.25) is 0 Å². The second kappa shape index (κ2) is 4.88. The molecule has 1 aliphatic heterocycles. The minimum absolute atomic E-state index is 0.00682. The lowest BCUT2D eigenvalue weighted by Crippen LogP contribution is -2.49. The van der Waals surface area contributed by atoms with E-state index in [4.69, 9.17) is 5.73 Å². The molecule has 1 aliphatic rings. The predicted octanol–water partition coefficient (Wildman–Crippen LogP) is -0.816. The number of thiocarbonyl (C=S) groups is 1. The maximum atomic E-state index is 11.6. The highest BCUT2D eigenvalue weighted by molar-refractivity contribution is 7.80. The highest BCUT2D eigenvalue weighted by Crippen LogP contribution is 2.15. The standard InChI is InChI=1S/C8H13N5O2S/c1-2-3-8(4-10-13-6(9)16)5(14)11-7(15)12-8/h4H,2-3H2,1H3,(H3,9,13,16)(H2,11,12,14,15). The number of rotatable bonds is 4. The SMILES string of the molecule is CCCC1(C=NNC(N)=S)NC(=O)NC1=O. The van der Waals surface area contributed by atoms with Crippen LogP contribution in [0.3, 0.4) is 0 Å². The Morgan fingerprint density at radius 1 is 1.69 bits per heavy atom. The molecule has 88 valence electrons. The van der Waals surface area contributed by atoms with Gasteiger partial charge >= 0.3 is 6.03 Å². The molecule has 3 amide bonds.